The minimum Gasteiger partial charge on any atom is -0.309 e. The Morgan fingerprint density at radius 3 is 2.71 bits per heavy atom. The Morgan fingerprint density at radius 1 is 1.50 bits per heavy atom. The molecule has 0 aliphatic carbocycles. The van der Waals surface area contributed by atoms with Crippen LogP contribution in [-0.2, 0) is 11.4 Å². The molecule has 0 radical (unpaired) electrons. The van der Waals surface area contributed by atoms with Crippen LogP contribution in [0.15, 0.2) is 24.3 Å². The second-order valence-electron chi connectivity index (χ2n) is 2.43. The molecule has 0 atom stereocenters. The van der Waals surface area contributed by atoms with Crippen molar-refractivity contribution in [1.82, 2.24) is 0 Å². The van der Waals surface area contributed by atoms with Gasteiger partial charge in [0.25, 0.3) is 5.09 Å². The maximum atomic E-state index is 12.4. The summed E-state index contributed by atoms with van der Waals surface area (Å²) in [6.45, 7) is -0.432. The third-order valence-corrected chi connectivity index (χ3v) is 1.55. The fourth-order valence-corrected chi connectivity index (χ4v) is 0.960. The Kier molecular flexibility index (Phi) is 3.11. The maximum Gasteiger partial charge on any atom is 0.332 e. The Bertz CT molecular complexity index is 366. The number of rotatable bonds is 4. The molecule has 1 aromatic rings. The van der Waals surface area contributed by atoms with Crippen LogP contribution in [0.4, 0.5) is 4.39 Å². The minimum absolute atomic E-state index is 0.150. The molecule has 0 spiro atoms. The molecular formula is C8H6FNO4. The van der Waals surface area contributed by atoms with E-state index in [1.54, 1.807) is 0 Å². The summed E-state index contributed by atoms with van der Waals surface area (Å²) in [5.74, 6) is 0. The number of carbonyl (C=O) groups excluding carboxylic acids is 1. The second-order valence-corrected chi connectivity index (χ2v) is 2.43. The highest BCUT2D eigenvalue weighted by Crippen LogP contribution is 2.11. The van der Waals surface area contributed by atoms with E-state index in [4.69, 9.17) is 0 Å². The Labute approximate surface area is 78.2 Å². The van der Waals surface area contributed by atoms with Crippen molar-refractivity contribution in [2.24, 2.45) is 0 Å². The van der Waals surface area contributed by atoms with E-state index in [9.17, 15) is 19.3 Å². The lowest BCUT2D eigenvalue weighted by atomic mass is 10.1. The summed E-state index contributed by atoms with van der Waals surface area (Å²) in [6.07, 6.45) is 0. The number of hydrogen-bond acceptors (Lipinski definition) is 4. The molecule has 0 N–H and O–H groups in total. The highest BCUT2D eigenvalue weighted by atomic mass is 19.1. The smallest absolute Gasteiger partial charge is 0.309 e. The van der Waals surface area contributed by atoms with Crippen molar-refractivity contribution >= 4 is 6.04 Å². The number of hydrogen-bond donors (Lipinski definition) is 0. The fraction of sp³-hybridized carbons (Fsp3) is 0.125. The molecule has 0 aliphatic heterocycles. The summed E-state index contributed by atoms with van der Waals surface area (Å²) in [6, 6.07) is 3.98. The average Bonchev–Trinajstić information content (AvgIpc) is 2.15. The van der Waals surface area contributed by atoms with Crippen LogP contribution >= 0.6 is 0 Å². The standard InChI is InChI=1S/C8H6FNO4/c9-8(11)7-4-2-1-3-6(7)5-14-10(12)13/h1-4H,5H2. The molecule has 0 heterocycles. The van der Waals surface area contributed by atoms with Gasteiger partial charge in [0.2, 0.25) is 0 Å². The van der Waals surface area contributed by atoms with Crippen LogP contribution in [0.2, 0.25) is 0 Å². The zero-order chi connectivity index (χ0) is 10.6. The first-order valence-corrected chi connectivity index (χ1v) is 3.66. The topological polar surface area (TPSA) is 69.4 Å². The van der Waals surface area contributed by atoms with E-state index >= 15 is 0 Å². The van der Waals surface area contributed by atoms with E-state index in [2.05, 4.69) is 4.84 Å². The lowest BCUT2D eigenvalue weighted by Gasteiger charge is -2.02. The fourth-order valence-electron chi connectivity index (χ4n) is 0.960. The maximum absolute atomic E-state index is 12.4. The molecule has 74 valence electrons. The van der Waals surface area contributed by atoms with Crippen molar-refractivity contribution in [2.45, 2.75) is 6.61 Å². The summed E-state index contributed by atoms with van der Waals surface area (Å²) in [4.78, 5) is 24.3. The summed E-state index contributed by atoms with van der Waals surface area (Å²) in [5.41, 5.74) is -0.0638. The SMILES string of the molecule is O=C(F)c1ccccc1CO[N+](=O)[O-]. The first kappa shape index (κ1) is 10.1. The van der Waals surface area contributed by atoms with Crippen molar-refractivity contribution in [2.75, 3.05) is 0 Å². The van der Waals surface area contributed by atoms with Crippen molar-refractivity contribution in [1.29, 1.82) is 0 Å². The predicted molar refractivity (Wildman–Crippen MR) is 43.7 cm³/mol. The minimum atomic E-state index is -1.63. The molecule has 0 amide bonds. The third kappa shape index (κ3) is 2.51. The second kappa shape index (κ2) is 4.31. The predicted octanol–water partition coefficient (Wildman–Crippen LogP) is 1.50. The first-order chi connectivity index (χ1) is 6.61. The van der Waals surface area contributed by atoms with Crippen LogP contribution in [0.5, 0.6) is 0 Å². The summed E-state index contributed by atoms with van der Waals surface area (Å²) in [5, 5.41) is 8.86. The van der Waals surface area contributed by atoms with E-state index in [-0.39, 0.29) is 11.1 Å². The van der Waals surface area contributed by atoms with E-state index in [0.717, 1.165) is 0 Å². The lowest BCUT2D eigenvalue weighted by Crippen LogP contribution is -2.04. The summed E-state index contributed by atoms with van der Waals surface area (Å²) in [7, 11) is 0. The van der Waals surface area contributed by atoms with Gasteiger partial charge < -0.3 is 4.84 Å². The van der Waals surface area contributed by atoms with Gasteiger partial charge in [0.15, 0.2) is 0 Å². The summed E-state index contributed by atoms with van der Waals surface area (Å²) >= 11 is 0. The molecule has 0 aliphatic rings. The third-order valence-electron chi connectivity index (χ3n) is 1.55. The number of benzene rings is 1. The van der Waals surface area contributed by atoms with Crippen molar-refractivity contribution in [3.63, 3.8) is 0 Å². The van der Waals surface area contributed by atoms with Gasteiger partial charge in [-0.25, -0.2) is 0 Å². The molecular weight excluding hydrogens is 193 g/mol. The van der Waals surface area contributed by atoms with Gasteiger partial charge in [0.1, 0.15) is 6.61 Å². The van der Waals surface area contributed by atoms with E-state index in [0.29, 0.717) is 0 Å². The van der Waals surface area contributed by atoms with Gasteiger partial charge in [-0.1, -0.05) is 18.2 Å². The highest BCUT2D eigenvalue weighted by Gasteiger charge is 2.10. The van der Waals surface area contributed by atoms with Crippen LogP contribution < -0.4 is 0 Å². The number of carbonyl (C=O) groups is 1. The monoisotopic (exact) mass is 199 g/mol. The zero-order valence-corrected chi connectivity index (χ0v) is 6.97. The molecule has 5 nitrogen and oxygen atoms in total. The molecule has 0 bridgehead atoms. The van der Waals surface area contributed by atoms with E-state index in [1.807, 2.05) is 0 Å². The molecule has 0 fully saturated rings. The molecule has 0 saturated heterocycles. The van der Waals surface area contributed by atoms with Gasteiger partial charge in [0, 0.05) is 0 Å². The van der Waals surface area contributed by atoms with Crippen LogP contribution in [0.1, 0.15) is 15.9 Å². The summed E-state index contributed by atoms with van der Waals surface area (Å²) < 4.78 is 12.4. The quantitative estimate of drug-likeness (QED) is 0.418. The number of halogens is 1. The van der Waals surface area contributed by atoms with Crippen LogP contribution in [-0.4, -0.2) is 11.1 Å². The highest BCUT2D eigenvalue weighted by molar-refractivity contribution is 5.89. The number of nitrogens with zero attached hydrogens (tertiary/aromatic N) is 1. The normalized spacial score (nSPS) is 9.50. The van der Waals surface area contributed by atoms with Gasteiger partial charge in [0.05, 0.1) is 5.56 Å². The van der Waals surface area contributed by atoms with Gasteiger partial charge >= 0.3 is 6.04 Å². The Hall–Kier alpha value is -1.98. The Balaban J connectivity index is 2.84. The van der Waals surface area contributed by atoms with Crippen molar-refractivity contribution in [3.05, 3.63) is 45.5 Å². The first-order valence-electron chi connectivity index (χ1n) is 3.66. The van der Waals surface area contributed by atoms with Crippen LogP contribution in [0, 0.1) is 10.1 Å². The van der Waals surface area contributed by atoms with Crippen molar-refractivity contribution < 1.29 is 19.1 Å². The van der Waals surface area contributed by atoms with Gasteiger partial charge in [-0.05, 0) is 11.6 Å². The van der Waals surface area contributed by atoms with Crippen molar-refractivity contribution in [3.8, 4) is 0 Å². The molecule has 0 aromatic heterocycles. The Morgan fingerprint density at radius 2 is 2.14 bits per heavy atom. The molecule has 0 unspecified atom stereocenters. The lowest BCUT2D eigenvalue weighted by molar-refractivity contribution is -0.763. The molecule has 1 rings (SSSR count). The largest absolute Gasteiger partial charge is 0.332 e. The van der Waals surface area contributed by atoms with Gasteiger partial charge in [-0.3, -0.25) is 4.79 Å². The van der Waals surface area contributed by atoms with Crippen LogP contribution in [0.25, 0.3) is 0 Å². The molecule has 0 saturated carbocycles. The van der Waals surface area contributed by atoms with Gasteiger partial charge in [-0.15, -0.1) is 10.1 Å². The molecule has 6 heteroatoms. The zero-order valence-electron chi connectivity index (χ0n) is 6.97. The van der Waals surface area contributed by atoms with Crippen LogP contribution in [0.3, 0.4) is 0 Å². The molecule has 1 aromatic carbocycles. The average molecular weight is 199 g/mol. The molecule has 14 heavy (non-hydrogen) atoms. The van der Waals surface area contributed by atoms with Gasteiger partial charge in [-0.2, -0.15) is 4.39 Å². The van der Waals surface area contributed by atoms with E-state index < -0.39 is 17.7 Å². The van der Waals surface area contributed by atoms with E-state index in [1.165, 1.54) is 24.3 Å².